The van der Waals surface area contributed by atoms with Crippen LogP contribution in [0.5, 0.6) is 0 Å². The van der Waals surface area contributed by atoms with Crippen molar-refractivity contribution in [1.29, 1.82) is 0 Å². The lowest BCUT2D eigenvalue weighted by Gasteiger charge is -2.26. The average molecular weight is 368 g/mol. The molecule has 0 unspecified atom stereocenters. The van der Waals surface area contributed by atoms with E-state index in [1.54, 1.807) is 11.6 Å². The van der Waals surface area contributed by atoms with Gasteiger partial charge in [-0.1, -0.05) is 42.5 Å². The Kier molecular flexibility index (Phi) is 5.60. The van der Waals surface area contributed by atoms with Gasteiger partial charge < -0.3 is 10.2 Å². The summed E-state index contributed by atoms with van der Waals surface area (Å²) < 4.78 is 0. The summed E-state index contributed by atoms with van der Waals surface area (Å²) in [6, 6.07) is 14.2. The van der Waals surface area contributed by atoms with Crippen LogP contribution in [0.2, 0.25) is 0 Å². The number of rotatable bonds is 5. The van der Waals surface area contributed by atoms with Crippen molar-refractivity contribution in [3.63, 3.8) is 0 Å². The summed E-state index contributed by atoms with van der Waals surface area (Å²) in [5, 5.41) is 9.63. The molecular formula is C19H20N4O2S. The fraction of sp³-hybridized carbons (Fsp3) is 0.211. The molecule has 0 bridgehead atoms. The molecule has 2 aromatic carbocycles. The van der Waals surface area contributed by atoms with Crippen LogP contribution < -0.4 is 10.6 Å². The molecule has 0 saturated carbocycles. The monoisotopic (exact) mass is 368 g/mol. The second-order valence-electron chi connectivity index (χ2n) is 6.05. The molecule has 3 aromatic rings. The number of anilines is 1. The second kappa shape index (κ2) is 8.07. The fourth-order valence-corrected chi connectivity index (χ4v) is 3.34. The van der Waals surface area contributed by atoms with Crippen molar-refractivity contribution in [2.75, 3.05) is 26.0 Å². The molecule has 6 nitrogen and oxygen atoms in total. The van der Waals surface area contributed by atoms with Gasteiger partial charge in [0, 0.05) is 18.1 Å². The summed E-state index contributed by atoms with van der Waals surface area (Å²) in [7, 11) is 3.91. The van der Waals surface area contributed by atoms with E-state index in [0.29, 0.717) is 11.7 Å². The van der Waals surface area contributed by atoms with Crippen molar-refractivity contribution in [3.8, 4) is 0 Å². The molecule has 0 fully saturated rings. The molecule has 3 rings (SSSR count). The van der Waals surface area contributed by atoms with E-state index < -0.39 is 11.8 Å². The third kappa shape index (κ3) is 4.07. The van der Waals surface area contributed by atoms with Crippen molar-refractivity contribution in [3.05, 3.63) is 59.6 Å². The van der Waals surface area contributed by atoms with E-state index in [4.69, 9.17) is 0 Å². The van der Waals surface area contributed by atoms with Crippen LogP contribution in [-0.2, 0) is 9.59 Å². The molecule has 2 N–H and O–H groups in total. The highest BCUT2D eigenvalue weighted by Gasteiger charge is 2.20. The predicted molar refractivity (Wildman–Crippen MR) is 104 cm³/mol. The van der Waals surface area contributed by atoms with Gasteiger partial charge in [-0.25, -0.2) is 4.98 Å². The molecule has 134 valence electrons. The van der Waals surface area contributed by atoms with Crippen molar-refractivity contribution in [2.24, 2.45) is 0 Å². The first-order chi connectivity index (χ1) is 12.6. The Morgan fingerprint density at radius 2 is 1.88 bits per heavy atom. The van der Waals surface area contributed by atoms with Gasteiger partial charge in [-0.05, 0) is 30.4 Å². The van der Waals surface area contributed by atoms with Crippen LogP contribution in [0, 0.1) is 0 Å². The molecule has 0 radical (unpaired) electrons. The van der Waals surface area contributed by atoms with Crippen LogP contribution >= 0.6 is 11.3 Å². The van der Waals surface area contributed by atoms with Crippen molar-refractivity contribution < 1.29 is 9.59 Å². The molecule has 0 aliphatic rings. The summed E-state index contributed by atoms with van der Waals surface area (Å²) in [5.41, 5.74) is 1.11. The molecule has 0 saturated heterocycles. The van der Waals surface area contributed by atoms with Gasteiger partial charge in [-0.2, -0.15) is 0 Å². The number of carbonyl (C=O) groups is 2. The van der Waals surface area contributed by atoms with E-state index in [9.17, 15) is 9.59 Å². The summed E-state index contributed by atoms with van der Waals surface area (Å²) in [6.07, 6.45) is 1.57. The highest BCUT2D eigenvalue weighted by atomic mass is 32.1. The lowest BCUT2D eigenvalue weighted by Crippen LogP contribution is -2.40. The molecule has 1 atom stereocenters. The number of hydrogen-bond donors (Lipinski definition) is 2. The van der Waals surface area contributed by atoms with Gasteiger partial charge in [0.05, 0.1) is 6.04 Å². The minimum absolute atomic E-state index is 0.0577. The number of fused-ring (bicyclic) bond motifs is 1. The zero-order valence-corrected chi connectivity index (χ0v) is 15.4. The van der Waals surface area contributed by atoms with E-state index in [1.165, 1.54) is 11.3 Å². The lowest BCUT2D eigenvalue weighted by atomic mass is 9.98. The number of hydrogen-bond acceptors (Lipinski definition) is 5. The molecule has 26 heavy (non-hydrogen) atoms. The van der Waals surface area contributed by atoms with Crippen molar-refractivity contribution >= 4 is 39.1 Å². The Labute approximate surface area is 155 Å². The molecule has 0 aliphatic heterocycles. The first kappa shape index (κ1) is 18.0. The SMILES string of the molecule is CN(C)[C@@H](CNC(=O)C(=O)Nc1nccs1)c1cccc2ccccc12. The van der Waals surface area contributed by atoms with Gasteiger partial charge in [-0.3, -0.25) is 14.9 Å². The van der Waals surface area contributed by atoms with Crippen molar-refractivity contribution in [2.45, 2.75) is 6.04 Å². The number of aromatic nitrogens is 1. The van der Waals surface area contributed by atoms with Crippen LogP contribution in [0.25, 0.3) is 10.8 Å². The Morgan fingerprint density at radius 1 is 1.12 bits per heavy atom. The van der Waals surface area contributed by atoms with E-state index in [0.717, 1.165) is 16.3 Å². The predicted octanol–water partition coefficient (Wildman–Crippen LogP) is 2.65. The number of amides is 2. The maximum absolute atomic E-state index is 12.1. The summed E-state index contributed by atoms with van der Waals surface area (Å²) in [5.74, 6) is -1.39. The number of benzene rings is 2. The number of carbonyl (C=O) groups excluding carboxylic acids is 2. The van der Waals surface area contributed by atoms with Gasteiger partial charge in [0.15, 0.2) is 5.13 Å². The lowest BCUT2D eigenvalue weighted by molar-refractivity contribution is -0.136. The minimum atomic E-state index is -0.713. The molecule has 7 heteroatoms. The standard InChI is InChI=1S/C19H20N4O2S/c1-23(2)16(15-9-5-7-13-6-3-4-8-14(13)15)12-21-17(24)18(25)22-19-20-10-11-26-19/h3-11,16H,12H2,1-2H3,(H,21,24)(H,20,22,25)/t16-/m0/s1. The number of nitrogens with one attached hydrogen (secondary N) is 2. The normalized spacial score (nSPS) is 12.1. The second-order valence-corrected chi connectivity index (χ2v) is 6.94. The Morgan fingerprint density at radius 3 is 2.62 bits per heavy atom. The van der Waals surface area contributed by atoms with Crippen LogP contribution in [0.3, 0.4) is 0 Å². The number of likely N-dealkylation sites (N-methyl/N-ethyl adjacent to an activating group) is 1. The topological polar surface area (TPSA) is 74.3 Å². The Balaban J connectivity index is 1.72. The highest BCUT2D eigenvalue weighted by molar-refractivity contribution is 7.13. The fourth-order valence-electron chi connectivity index (χ4n) is 2.82. The van der Waals surface area contributed by atoms with Crippen molar-refractivity contribution in [1.82, 2.24) is 15.2 Å². The summed E-state index contributed by atoms with van der Waals surface area (Å²) >= 11 is 1.26. The molecule has 0 spiro atoms. The molecule has 0 aliphatic carbocycles. The quantitative estimate of drug-likeness (QED) is 0.679. The van der Waals surface area contributed by atoms with Gasteiger partial charge in [-0.15, -0.1) is 11.3 Å². The average Bonchev–Trinajstić information content (AvgIpc) is 3.14. The van der Waals surface area contributed by atoms with E-state index in [-0.39, 0.29) is 6.04 Å². The highest BCUT2D eigenvalue weighted by Crippen LogP contribution is 2.26. The van der Waals surface area contributed by atoms with Crippen LogP contribution in [-0.4, -0.2) is 42.3 Å². The summed E-state index contributed by atoms with van der Waals surface area (Å²) in [4.78, 5) is 30.1. The molecule has 2 amide bonds. The van der Waals surface area contributed by atoms with Crippen LogP contribution in [0.4, 0.5) is 5.13 Å². The van der Waals surface area contributed by atoms with E-state index in [1.807, 2.05) is 37.2 Å². The smallest absolute Gasteiger partial charge is 0.315 e. The van der Waals surface area contributed by atoms with Gasteiger partial charge >= 0.3 is 11.8 Å². The van der Waals surface area contributed by atoms with E-state index >= 15 is 0 Å². The molecule has 1 heterocycles. The third-order valence-electron chi connectivity index (χ3n) is 4.12. The zero-order chi connectivity index (χ0) is 18.5. The molecular weight excluding hydrogens is 348 g/mol. The summed E-state index contributed by atoms with van der Waals surface area (Å²) in [6.45, 7) is 0.325. The van der Waals surface area contributed by atoms with Gasteiger partial charge in [0.1, 0.15) is 0 Å². The maximum atomic E-state index is 12.1. The van der Waals surface area contributed by atoms with Gasteiger partial charge in [0.25, 0.3) is 0 Å². The Bertz CT molecular complexity index is 904. The first-order valence-corrected chi connectivity index (χ1v) is 9.07. The minimum Gasteiger partial charge on any atom is -0.346 e. The third-order valence-corrected chi connectivity index (χ3v) is 4.81. The first-order valence-electron chi connectivity index (χ1n) is 8.19. The Hall–Kier alpha value is -2.77. The number of nitrogens with zero attached hydrogens (tertiary/aromatic N) is 2. The number of thiazole rings is 1. The van der Waals surface area contributed by atoms with Crippen LogP contribution in [0.15, 0.2) is 54.0 Å². The largest absolute Gasteiger partial charge is 0.346 e. The zero-order valence-electron chi connectivity index (χ0n) is 14.6. The maximum Gasteiger partial charge on any atom is 0.315 e. The van der Waals surface area contributed by atoms with Gasteiger partial charge in [0.2, 0.25) is 0 Å². The van der Waals surface area contributed by atoms with Crippen LogP contribution in [0.1, 0.15) is 11.6 Å². The molecule has 1 aromatic heterocycles. The van der Waals surface area contributed by atoms with E-state index in [2.05, 4.69) is 39.9 Å².